The maximum Gasteiger partial charge on any atom is 0.318 e. The number of hydrogen-bond donors (Lipinski definition) is 2. The highest BCUT2D eigenvalue weighted by Crippen LogP contribution is 2.23. The molecule has 0 fully saturated rings. The van der Waals surface area contributed by atoms with Gasteiger partial charge < -0.3 is 15.2 Å². The Kier molecular flexibility index (Phi) is 7.22. The lowest BCUT2D eigenvalue weighted by molar-refractivity contribution is -0.137. The van der Waals surface area contributed by atoms with Gasteiger partial charge in [-0.2, -0.15) is 4.98 Å². The smallest absolute Gasteiger partial charge is 0.318 e. The first kappa shape index (κ1) is 17.5. The van der Waals surface area contributed by atoms with Crippen LogP contribution in [0, 0.1) is 11.8 Å². The van der Waals surface area contributed by atoms with Crippen LogP contribution in [0.5, 0.6) is 6.01 Å². The van der Waals surface area contributed by atoms with Crippen molar-refractivity contribution in [2.75, 3.05) is 19.0 Å². The maximum absolute atomic E-state index is 10.7. The quantitative estimate of drug-likeness (QED) is 0.728. The van der Waals surface area contributed by atoms with Gasteiger partial charge in [-0.15, -0.1) is 0 Å². The van der Waals surface area contributed by atoms with E-state index in [-0.39, 0.29) is 12.4 Å². The van der Waals surface area contributed by atoms with Crippen molar-refractivity contribution in [2.45, 2.75) is 33.1 Å². The number of halogens is 1. The third-order valence-corrected chi connectivity index (χ3v) is 3.66. The first-order valence-electron chi connectivity index (χ1n) is 6.96. The first-order chi connectivity index (χ1) is 9.93. The molecule has 2 N–H and O–H groups in total. The summed E-state index contributed by atoms with van der Waals surface area (Å²) in [4.78, 5) is 18.7. The van der Waals surface area contributed by atoms with Gasteiger partial charge in [0.1, 0.15) is 5.02 Å². The van der Waals surface area contributed by atoms with Crippen molar-refractivity contribution < 1.29 is 14.6 Å². The van der Waals surface area contributed by atoms with Gasteiger partial charge in [0.2, 0.25) is 0 Å². The summed E-state index contributed by atoms with van der Waals surface area (Å²) in [5.41, 5.74) is 0. The molecule has 1 aromatic heterocycles. The van der Waals surface area contributed by atoms with E-state index >= 15 is 0 Å². The van der Waals surface area contributed by atoms with Gasteiger partial charge in [-0.25, -0.2) is 4.98 Å². The number of carbonyl (C=O) groups is 1. The van der Waals surface area contributed by atoms with E-state index in [0.717, 1.165) is 6.42 Å². The van der Waals surface area contributed by atoms with Gasteiger partial charge in [0.25, 0.3) is 0 Å². The standard InChI is InChI=1S/C14H22ClN3O3/c1-9(2)10(4-5-12(19)20)6-7-16-13-11(15)8-17-14(18-13)21-3/h8-10H,4-7H2,1-3H3,(H,19,20)(H,16,17,18). The molecule has 0 saturated carbocycles. The van der Waals surface area contributed by atoms with Crippen LogP contribution in [0.25, 0.3) is 0 Å². The summed E-state index contributed by atoms with van der Waals surface area (Å²) in [7, 11) is 1.49. The number of nitrogens with zero attached hydrogens (tertiary/aromatic N) is 2. The molecule has 0 amide bonds. The van der Waals surface area contributed by atoms with Crippen molar-refractivity contribution in [3.63, 3.8) is 0 Å². The second kappa shape index (κ2) is 8.67. The van der Waals surface area contributed by atoms with Crippen LogP contribution in [-0.2, 0) is 4.79 Å². The minimum absolute atomic E-state index is 0.199. The summed E-state index contributed by atoms with van der Waals surface area (Å²) >= 11 is 6.01. The topological polar surface area (TPSA) is 84.3 Å². The van der Waals surface area contributed by atoms with Crippen LogP contribution in [0.1, 0.15) is 33.1 Å². The Hall–Kier alpha value is -1.56. The van der Waals surface area contributed by atoms with E-state index in [1.54, 1.807) is 0 Å². The van der Waals surface area contributed by atoms with Crippen molar-refractivity contribution in [1.82, 2.24) is 9.97 Å². The minimum Gasteiger partial charge on any atom is -0.481 e. The van der Waals surface area contributed by atoms with Crippen LogP contribution in [-0.4, -0.2) is 34.7 Å². The molecule has 0 aliphatic carbocycles. The molecule has 1 unspecified atom stereocenters. The van der Waals surface area contributed by atoms with Gasteiger partial charge in [-0.1, -0.05) is 25.4 Å². The molecule has 1 rings (SSSR count). The lowest BCUT2D eigenvalue weighted by Gasteiger charge is -2.20. The molecule has 0 aromatic carbocycles. The number of ether oxygens (including phenoxy) is 1. The highest BCUT2D eigenvalue weighted by atomic mass is 35.5. The Bertz CT molecular complexity index is 469. The number of aromatic nitrogens is 2. The summed E-state index contributed by atoms with van der Waals surface area (Å²) in [5.74, 6) is 0.555. The predicted octanol–water partition coefficient (Wildman–Crippen LogP) is 3.08. The van der Waals surface area contributed by atoms with Gasteiger partial charge in [0, 0.05) is 13.0 Å². The van der Waals surface area contributed by atoms with E-state index in [1.165, 1.54) is 13.3 Å². The fourth-order valence-electron chi connectivity index (χ4n) is 2.07. The third kappa shape index (κ3) is 6.16. The number of rotatable bonds is 9. The molecule has 6 nitrogen and oxygen atoms in total. The third-order valence-electron chi connectivity index (χ3n) is 3.38. The van der Waals surface area contributed by atoms with Gasteiger partial charge in [0.05, 0.1) is 13.3 Å². The zero-order valence-electron chi connectivity index (χ0n) is 12.6. The van der Waals surface area contributed by atoms with Crippen LogP contribution in [0.15, 0.2) is 6.20 Å². The Balaban J connectivity index is 2.51. The molecule has 0 aliphatic rings. The first-order valence-corrected chi connectivity index (χ1v) is 7.34. The molecule has 118 valence electrons. The van der Waals surface area contributed by atoms with Crippen molar-refractivity contribution >= 4 is 23.4 Å². The molecule has 0 saturated heterocycles. The summed E-state index contributed by atoms with van der Waals surface area (Å²) in [6.07, 6.45) is 3.22. The van der Waals surface area contributed by atoms with Gasteiger partial charge in [-0.05, 0) is 24.7 Å². The highest BCUT2D eigenvalue weighted by molar-refractivity contribution is 6.32. The SMILES string of the molecule is COc1ncc(Cl)c(NCCC(CCC(=O)O)C(C)C)n1. The number of nitrogens with one attached hydrogen (secondary N) is 1. The van der Waals surface area contributed by atoms with Crippen molar-refractivity contribution in [3.8, 4) is 6.01 Å². The summed E-state index contributed by atoms with van der Waals surface area (Å²) in [6, 6.07) is 0.258. The number of anilines is 1. The minimum atomic E-state index is -0.753. The lowest BCUT2D eigenvalue weighted by atomic mass is 9.88. The van der Waals surface area contributed by atoms with E-state index in [4.69, 9.17) is 21.4 Å². The molecule has 1 heterocycles. The molecule has 0 bridgehead atoms. The second-order valence-electron chi connectivity index (χ2n) is 5.21. The molecular formula is C14H22ClN3O3. The van der Waals surface area contributed by atoms with Gasteiger partial charge in [-0.3, -0.25) is 4.79 Å². The number of aliphatic carboxylic acids is 1. The highest BCUT2D eigenvalue weighted by Gasteiger charge is 2.15. The lowest BCUT2D eigenvalue weighted by Crippen LogP contribution is -2.16. The van der Waals surface area contributed by atoms with Crippen LogP contribution in [0.2, 0.25) is 5.02 Å². The fraction of sp³-hybridized carbons (Fsp3) is 0.643. The molecule has 1 aromatic rings. The van der Waals surface area contributed by atoms with Gasteiger partial charge in [0.15, 0.2) is 5.82 Å². The van der Waals surface area contributed by atoms with Crippen molar-refractivity contribution in [2.24, 2.45) is 11.8 Å². The largest absolute Gasteiger partial charge is 0.481 e. The van der Waals surface area contributed by atoms with Crippen molar-refractivity contribution in [1.29, 1.82) is 0 Å². The van der Waals surface area contributed by atoms with E-state index in [0.29, 0.717) is 35.6 Å². The zero-order valence-corrected chi connectivity index (χ0v) is 13.4. The van der Waals surface area contributed by atoms with Gasteiger partial charge >= 0.3 is 12.0 Å². The second-order valence-corrected chi connectivity index (χ2v) is 5.61. The average Bonchev–Trinajstić information content (AvgIpc) is 2.43. The Morgan fingerprint density at radius 2 is 2.19 bits per heavy atom. The monoisotopic (exact) mass is 315 g/mol. The fourth-order valence-corrected chi connectivity index (χ4v) is 2.23. The Morgan fingerprint density at radius 1 is 1.48 bits per heavy atom. The molecule has 7 heteroatoms. The Labute approximate surface area is 129 Å². The van der Waals surface area contributed by atoms with Crippen LogP contribution < -0.4 is 10.1 Å². The summed E-state index contributed by atoms with van der Waals surface area (Å²) in [6.45, 7) is 4.88. The molecule has 21 heavy (non-hydrogen) atoms. The van der Waals surface area contributed by atoms with E-state index < -0.39 is 5.97 Å². The number of hydrogen-bond acceptors (Lipinski definition) is 5. The molecule has 0 spiro atoms. The Morgan fingerprint density at radius 3 is 2.76 bits per heavy atom. The van der Waals surface area contributed by atoms with Crippen LogP contribution >= 0.6 is 11.6 Å². The maximum atomic E-state index is 10.7. The molecular weight excluding hydrogens is 294 g/mol. The predicted molar refractivity (Wildman–Crippen MR) is 81.9 cm³/mol. The molecule has 0 radical (unpaired) electrons. The van der Waals surface area contributed by atoms with Crippen LogP contribution in [0.3, 0.4) is 0 Å². The summed E-state index contributed by atoms with van der Waals surface area (Å²) in [5, 5.41) is 12.4. The number of methoxy groups -OCH3 is 1. The number of carboxylic acids is 1. The zero-order chi connectivity index (χ0) is 15.8. The van der Waals surface area contributed by atoms with E-state index in [1.807, 2.05) is 0 Å². The normalized spacial score (nSPS) is 12.2. The molecule has 0 aliphatic heterocycles. The van der Waals surface area contributed by atoms with E-state index in [2.05, 4.69) is 29.1 Å². The van der Waals surface area contributed by atoms with Crippen LogP contribution in [0.4, 0.5) is 5.82 Å². The van der Waals surface area contributed by atoms with E-state index in [9.17, 15) is 4.79 Å². The average molecular weight is 316 g/mol. The number of carboxylic acid groups (broad SMARTS) is 1. The summed E-state index contributed by atoms with van der Waals surface area (Å²) < 4.78 is 4.95. The van der Waals surface area contributed by atoms with Crippen molar-refractivity contribution in [3.05, 3.63) is 11.2 Å². The molecule has 1 atom stereocenters.